The van der Waals surface area contributed by atoms with Gasteiger partial charge in [-0.25, -0.2) is 4.98 Å². The van der Waals surface area contributed by atoms with Gasteiger partial charge in [-0.3, -0.25) is 0 Å². The van der Waals surface area contributed by atoms with Crippen LogP contribution in [0.15, 0.2) is 6.20 Å². The molecule has 3 rings (SSSR count). The van der Waals surface area contributed by atoms with Crippen molar-refractivity contribution in [2.45, 2.75) is 13.0 Å². The maximum absolute atomic E-state index is 5.35. The number of hydrogen-bond donors (Lipinski definition) is 2. The van der Waals surface area contributed by atoms with Gasteiger partial charge in [0.25, 0.3) is 0 Å². The third-order valence-corrected chi connectivity index (χ3v) is 2.84. The molecule has 82 valence electrons. The highest BCUT2D eigenvalue weighted by molar-refractivity contribution is 7.71. The average Bonchev–Trinajstić information content (AvgIpc) is 2.82. The molecule has 2 N–H and O–H groups in total. The Hall–Kier alpha value is -1.60. The third-order valence-electron chi connectivity index (χ3n) is 2.51. The summed E-state index contributed by atoms with van der Waals surface area (Å²) in [5, 5.41) is 10.3. The fourth-order valence-electron chi connectivity index (χ4n) is 1.69. The molecule has 1 aliphatic rings. The van der Waals surface area contributed by atoms with Gasteiger partial charge in [0, 0.05) is 17.7 Å². The van der Waals surface area contributed by atoms with Crippen LogP contribution < -0.4 is 0 Å². The van der Waals surface area contributed by atoms with Crippen molar-refractivity contribution in [3.63, 3.8) is 0 Å². The highest BCUT2D eigenvalue weighted by Crippen LogP contribution is 2.18. The molecular formula is C9H9N5OS. The lowest BCUT2D eigenvalue weighted by Gasteiger charge is -2.16. The van der Waals surface area contributed by atoms with E-state index < -0.39 is 0 Å². The maximum atomic E-state index is 5.35. The van der Waals surface area contributed by atoms with Gasteiger partial charge in [-0.05, 0) is 0 Å². The van der Waals surface area contributed by atoms with Crippen LogP contribution in [-0.4, -0.2) is 32.0 Å². The molecule has 6 nitrogen and oxygen atoms in total. The second-order valence-electron chi connectivity index (χ2n) is 3.51. The minimum absolute atomic E-state index is 0.538. The van der Waals surface area contributed by atoms with Crippen molar-refractivity contribution in [1.29, 1.82) is 0 Å². The van der Waals surface area contributed by atoms with Gasteiger partial charge >= 0.3 is 0 Å². The summed E-state index contributed by atoms with van der Waals surface area (Å²) in [6.45, 7) is 1.25. The molecule has 0 saturated heterocycles. The van der Waals surface area contributed by atoms with Gasteiger partial charge in [0.15, 0.2) is 5.82 Å². The van der Waals surface area contributed by atoms with E-state index >= 15 is 0 Å². The molecule has 0 saturated carbocycles. The molecule has 0 atom stereocenters. The second-order valence-corrected chi connectivity index (χ2v) is 3.89. The van der Waals surface area contributed by atoms with Gasteiger partial charge < -0.3 is 9.72 Å². The molecule has 0 radical (unpaired) electrons. The van der Waals surface area contributed by atoms with E-state index in [4.69, 9.17) is 17.0 Å². The van der Waals surface area contributed by atoms with Crippen LogP contribution in [0, 0.1) is 4.64 Å². The van der Waals surface area contributed by atoms with Crippen LogP contribution in [0.4, 0.5) is 0 Å². The molecule has 0 aromatic carbocycles. The number of H-pyrrole nitrogens is 2. The lowest BCUT2D eigenvalue weighted by molar-refractivity contribution is 0.108. The lowest BCUT2D eigenvalue weighted by atomic mass is 10.1. The Morgan fingerprint density at radius 3 is 3.19 bits per heavy atom. The molecule has 0 unspecified atom stereocenters. The summed E-state index contributed by atoms with van der Waals surface area (Å²) in [4.78, 5) is 7.51. The predicted octanol–water partition coefficient (Wildman–Crippen LogP) is 0.997. The Labute approximate surface area is 96.1 Å². The van der Waals surface area contributed by atoms with Gasteiger partial charge in [0.1, 0.15) is 10.3 Å². The quantitative estimate of drug-likeness (QED) is 0.721. The van der Waals surface area contributed by atoms with Crippen molar-refractivity contribution in [2.75, 3.05) is 6.61 Å². The molecule has 0 fully saturated rings. The summed E-state index contributed by atoms with van der Waals surface area (Å²) in [5.74, 6) is 0.652. The minimum atomic E-state index is 0.538. The Kier molecular flexibility index (Phi) is 2.26. The van der Waals surface area contributed by atoms with Crippen LogP contribution in [0.25, 0.3) is 11.5 Å². The Balaban J connectivity index is 2.16. The van der Waals surface area contributed by atoms with E-state index in [0.29, 0.717) is 29.4 Å². The molecule has 2 aromatic heterocycles. The van der Waals surface area contributed by atoms with Gasteiger partial charge in [-0.15, -0.1) is 0 Å². The number of fused-ring (bicyclic) bond motifs is 1. The van der Waals surface area contributed by atoms with Gasteiger partial charge in [-0.2, -0.15) is 15.4 Å². The number of nitrogens with one attached hydrogen (secondary N) is 2. The van der Waals surface area contributed by atoms with E-state index in [-0.39, 0.29) is 0 Å². The topological polar surface area (TPSA) is 79.5 Å². The standard InChI is InChI=1S/C9H9N5OS/c16-9-5-4-15-2-1-6(5)11-8(12-9)7-3-10-14-13-7/h3H,1-2,4H2,(H,10,13,14)(H,11,12,16). The number of rotatable bonds is 1. The predicted molar refractivity (Wildman–Crippen MR) is 58.2 cm³/mol. The molecule has 7 heteroatoms. The molecule has 0 bridgehead atoms. The largest absolute Gasteiger partial charge is 0.376 e. The zero-order valence-corrected chi connectivity index (χ0v) is 9.17. The van der Waals surface area contributed by atoms with E-state index in [1.807, 2.05) is 0 Å². The molecule has 16 heavy (non-hydrogen) atoms. The van der Waals surface area contributed by atoms with Crippen LogP contribution in [0.2, 0.25) is 0 Å². The first kappa shape index (κ1) is 9.61. The summed E-state index contributed by atoms with van der Waals surface area (Å²) < 4.78 is 5.92. The SMILES string of the molecule is S=c1nc(-c2cn[nH]n2)[nH]c2c1COCC2. The van der Waals surface area contributed by atoms with Gasteiger partial charge in [0.05, 0.1) is 19.4 Å². The molecule has 0 spiro atoms. The van der Waals surface area contributed by atoms with E-state index in [1.54, 1.807) is 6.20 Å². The summed E-state index contributed by atoms with van der Waals surface area (Å²) in [5.41, 5.74) is 2.73. The molecule has 2 aromatic rings. The smallest absolute Gasteiger partial charge is 0.161 e. The number of ether oxygens (including phenoxy) is 1. The fourth-order valence-corrected chi connectivity index (χ4v) is 1.97. The highest BCUT2D eigenvalue weighted by atomic mass is 32.1. The van der Waals surface area contributed by atoms with Crippen molar-refractivity contribution in [1.82, 2.24) is 25.4 Å². The normalized spacial score (nSPS) is 14.8. The Morgan fingerprint density at radius 2 is 2.38 bits per heavy atom. The van der Waals surface area contributed by atoms with Crippen molar-refractivity contribution in [2.24, 2.45) is 0 Å². The van der Waals surface area contributed by atoms with Crippen LogP contribution in [-0.2, 0) is 17.8 Å². The van der Waals surface area contributed by atoms with Crippen LogP contribution in [0.5, 0.6) is 0 Å². The van der Waals surface area contributed by atoms with Crippen molar-refractivity contribution in [3.8, 4) is 11.5 Å². The van der Waals surface area contributed by atoms with Gasteiger partial charge in [0.2, 0.25) is 0 Å². The number of hydrogen-bond acceptors (Lipinski definition) is 5. The minimum Gasteiger partial charge on any atom is -0.376 e. The zero-order chi connectivity index (χ0) is 11.0. The van der Waals surface area contributed by atoms with Gasteiger partial charge in [-0.1, -0.05) is 12.2 Å². The molecule has 1 aliphatic heterocycles. The molecular weight excluding hydrogens is 226 g/mol. The van der Waals surface area contributed by atoms with Crippen LogP contribution in [0.1, 0.15) is 11.3 Å². The maximum Gasteiger partial charge on any atom is 0.161 e. The van der Waals surface area contributed by atoms with Crippen molar-refractivity contribution < 1.29 is 4.74 Å². The molecule has 0 amide bonds. The number of aromatic nitrogens is 5. The Bertz CT molecular complexity index is 562. The van der Waals surface area contributed by atoms with E-state index in [0.717, 1.165) is 17.7 Å². The van der Waals surface area contributed by atoms with Crippen molar-refractivity contribution in [3.05, 3.63) is 22.1 Å². The summed E-state index contributed by atoms with van der Waals surface area (Å²) in [6.07, 6.45) is 2.44. The molecule has 3 heterocycles. The molecule has 0 aliphatic carbocycles. The third kappa shape index (κ3) is 1.54. The Morgan fingerprint density at radius 1 is 1.44 bits per heavy atom. The first-order valence-electron chi connectivity index (χ1n) is 4.90. The van der Waals surface area contributed by atoms with Crippen molar-refractivity contribution >= 4 is 12.2 Å². The van der Waals surface area contributed by atoms with E-state index in [9.17, 15) is 0 Å². The number of aromatic amines is 2. The lowest BCUT2D eigenvalue weighted by Crippen LogP contribution is -2.14. The van der Waals surface area contributed by atoms with E-state index in [1.165, 1.54) is 0 Å². The van der Waals surface area contributed by atoms with Crippen LogP contribution in [0.3, 0.4) is 0 Å². The first-order chi connectivity index (χ1) is 7.84. The fraction of sp³-hybridized carbons (Fsp3) is 0.333. The second kappa shape index (κ2) is 3.76. The zero-order valence-electron chi connectivity index (χ0n) is 8.36. The average molecular weight is 235 g/mol. The summed E-state index contributed by atoms with van der Waals surface area (Å²) >= 11 is 5.23. The summed E-state index contributed by atoms with van der Waals surface area (Å²) in [6, 6.07) is 0. The van der Waals surface area contributed by atoms with E-state index in [2.05, 4.69) is 25.4 Å². The monoisotopic (exact) mass is 235 g/mol. The first-order valence-corrected chi connectivity index (χ1v) is 5.31. The van der Waals surface area contributed by atoms with Crippen LogP contribution >= 0.6 is 12.2 Å². The number of nitrogens with zero attached hydrogens (tertiary/aromatic N) is 3. The highest BCUT2D eigenvalue weighted by Gasteiger charge is 2.15. The summed E-state index contributed by atoms with van der Waals surface area (Å²) in [7, 11) is 0.